The molecule has 0 fully saturated rings. The van der Waals surface area contributed by atoms with Gasteiger partial charge in [-0.25, -0.2) is 17.5 Å². The molecule has 0 heterocycles. The average molecular weight is 311 g/mol. The molecule has 0 bridgehead atoms. The summed E-state index contributed by atoms with van der Waals surface area (Å²) in [5.74, 6) is -0.468. The van der Waals surface area contributed by atoms with Crippen molar-refractivity contribution in [2.24, 2.45) is 5.73 Å². The first kappa shape index (κ1) is 18.3. The van der Waals surface area contributed by atoms with E-state index in [-0.39, 0.29) is 23.8 Å². The van der Waals surface area contributed by atoms with Gasteiger partial charge in [-0.2, -0.15) is 0 Å². The maximum absolute atomic E-state index is 12.7. The molecule has 0 aliphatic heterocycles. The second kappa shape index (κ2) is 7.19. The van der Waals surface area contributed by atoms with Crippen LogP contribution in [-0.2, 0) is 10.0 Å². The fourth-order valence-electron chi connectivity index (χ4n) is 1.44. The number of rotatable bonds is 6. The first-order chi connectivity index (χ1) is 8.33. The molecule has 19 heavy (non-hydrogen) atoms. The lowest BCUT2D eigenvalue weighted by atomic mass is 9.95. The van der Waals surface area contributed by atoms with E-state index in [4.69, 9.17) is 5.73 Å². The van der Waals surface area contributed by atoms with Gasteiger partial charge in [-0.1, -0.05) is 13.8 Å². The highest BCUT2D eigenvalue weighted by Crippen LogP contribution is 2.13. The number of halogens is 2. The fourth-order valence-corrected chi connectivity index (χ4v) is 2.57. The van der Waals surface area contributed by atoms with Gasteiger partial charge in [-0.3, -0.25) is 0 Å². The third-order valence-electron chi connectivity index (χ3n) is 3.15. The van der Waals surface area contributed by atoms with E-state index in [1.54, 1.807) is 0 Å². The molecule has 0 radical (unpaired) electrons. The number of nitrogens with one attached hydrogen (secondary N) is 1. The van der Waals surface area contributed by atoms with Crippen molar-refractivity contribution in [2.75, 3.05) is 6.54 Å². The van der Waals surface area contributed by atoms with Crippen LogP contribution in [0, 0.1) is 5.82 Å². The molecule has 0 saturated carbocycles. The van der Waals surface area contributed by atoms with Crippen LogP contribution in [0.15, 0.2) is 29.2 Å². The van der Waals surface area contributed by atoms with Crippen molar-refractivity contribution in [3.8, 4) is 0 Å². The van der Waals surface area contributed by atoms with Crippen molar-refractivity contribution < 1.29 is 12.8 Å². The molecule has 0 unspecified atom stereocenters. The molecule has 0 spiro atoms. The average Bonchev–Trinajstić information content (AvgIpc) is 2.37. The number of sulfonamides is 1. The smallest absolute Gasteiger partial charge is 0.240 e. The van der Waals surface area contributed by atoms with E-state index in [9.17, 15) is 12.8 Å². The normalized spacial score (nSPS) is 12.0. The molecule has 3 N–H and O–H groups in total. The molecular formula is C12H20ClFN2O2S. The van der Waals surface area contributed by atoms with Crippen LogP contribution in [0.1, 0.15) is 26.7 Å². The summed E-state index contributed by atoms with van der Waals surface area (Å²) in [6, 6.07) is 4.69. The molecule has 0 aliphatic carbocycles. The standard InChI is InChI=1S/C12H19FN2O2S.ClH/c1-3-12(14,4-2)9-15-18(16,17)11-7-5-10(13)6-8-11;/h5-8,15H,3-4,9,14H2,1-2H3;1H. The van der Waals surface area contributed by atoms with Gasteiger partial charge in [0.05, 0.1) is 4.90 Å². The minimum atomic E-state index is -3.63. The monoisotopic (exact) mass is 310 g/mol. The second-order valence-electron chi connectivity index (χ2n) is 4.35. The summed E-state index contributed by atoms with van der Waals surface area (Å²) in [5.41, 5.74) is 5.47. The van der Waals surface area contributed by atoms with E-state index < -0.39 is 21.4 Å². The number of benzene rings is 1. The van der Waals surface area contributed by atoms with Crippen LogP contribution in [0.2, 0.25) is 0 Å². The largest absolute Gasteiger partial charge is 0.324 e. The SMILES string of the molecule is CCC(N)(CC)CNS(=O)(=O)c1ccc(F)cc1.Cl. The zero-order valence-corrected chi connectivity index (χ0v) is 12.7. The van der Waals surface area contributed by atoms with Crippen LogP contribution < -0.4 is 10.5 Å². The molecule has 0 saturated heterocycles. The third-order valence-corrected chi connectivity index (χ3v) is 4.56. The van der Waals surface area contributed by atoms with Crippen LogP contribution in [0.25, 0.3) is 0 Å². The van der Waals surface area contributed by atoms with Gasteiger partial charge in [0, 0.05) is 12.1 Å². The van der Waals surface area contributed by atoms with Gasteiger partial charge in [-0.05, 0) is 37.1 Å². The predicted molar refractivity (Wildman–Crippen MR) is 76.3 cm³/mol. The topological polar surface area (TPSA) is 72.2 Å². The summed E-state index contributed by atoms with van der Waals surface area (Å²) in [6.45, 7) is 3.99. The van der Waals surface area contributed by atoms with Crippen molar-refractivity contribution in [3.05, 3.63) is 30.1 Å². The van der Waals surface area contributed by atoms with Gasteiger partial charge in [-0.15, -0.1) is 12.4 Å². The first-order valence-electron chi connectivity index (χ1n) is 5.87. The Morgan fingerprint density at radius 3 is 2.11 bits per heavy atom. The molecule has 1 aromatic rings. The highest BCUT2D eigenvalue weighted by molar-refractivity contribution is 7.89. The van der Waals surface area contributed by atoms with Crippen molar-refractivity contribution in [1.29, 1.82) is 0 Å². The zero-order chi connectivity index (χ0) is 13.8. The van der Waals surface area contributed by atoms with Gasteiger partial charge in [0.25, 0.3) is 0 Å². The number of hydrogen-bond donors (Lipinski definition) is 2. The van der Waals surface area contributed by atoms with E-state index in [0.717, 1.165) is 12.1 Å². The van der Waals surface area contributed by atoms with Crippen molar-refractivity contribution in [1.82, 2.24) is 4.72 Å². The molecule has 7 heteroatoms. The van der Waals surface area contributed by atoms with Crippen molar-refractivity contribution >= 4 is 22.4 Å². The van der Waals surface area contributed by atoms with Crippen molar-refractivity contribution in [2.45, 2.75) is 37.1 Å². The Hall–Kier alpha value is -0.690. The quantitative estimate of drug-likeness (QED) is 0.844. The minimum absolute atomic E-state index is 0. The van der Waals surface area contributed by atoms with Crippen LogP contribution in [0.5, 0.6) is 0 Å². The summed E-state index contributed by atoms with van der Waals surface area (Å²) in [6.07, 6.45) is 1.35. The maximum Gasteiger partial charge on any atom is 0.240 e. The van der Waals surface area contributed by atoms with E-state index in [0.29, 0.717) is 12.8 Å². The predicted octanol–water partition coefficient (Wildman–Crippen LogP) is 2.04. The van der Waals surface area contributed by atoms with Gasteiger partial charge >= 0.3 is 0 Å². The highest BCUT2D eigenvalue weighted by Gasteiger charge is 2.23. The summed E-state index contributed by atoms with van der Waals surface area (Å²) in [7, 11) is -3.63. The van der Waals surface area contributed by atoms with Crippen LogP contribution in [0.4, 0.5) is 4.39 Å². The van der Waals surface area contributed by atoms with Crippen LogP contribution in [0.3, 0.4) is 0 Å². The lowest BCUT2D eigenvalue weighted by molar-refractivity contribution is 0.392. The summed E-state index contributed by atoms with van der Waals surface area (Å²) in [4.78, 5) is 0.0402. The lowest BCUT2D eigenvalue weighted by Crippen LogP contribution is -2.49. The van der Waals surface area contributed by atoms with Gasteiger partial charge < -0.3 is 5.73 Å². The summed E-state index contributed by atoms with van der Waals surface area (Å²) in [5, 5.41) is 0. The van der Waals surface area contributed by atoms with E-state index in [2.05, 4.69) is 4.72 Å². The Morgan fingerprint density at radius 1 is 1.21 bits per heavy atom. The van der Waals surface area contributed by atoms with Crippen LogP contribution in [-0.4, -0.2) is 20.5 Å². The van der Waals surface area contributed by atoms with E-state index in [1.165, 1.54) is 12.1 Å². The summed E-state index contributed by atoms with van der Waals surface area (Å²) >= 11 is 0. The molecule has 4 nitrogen and oxygen atoms in total. The van der Waals surface area contributed by atoms with Gasteiger partial charge in [0.15, 0.2) is 0 Å². The first-order valence-corrected chi connectivity index (χ1v) is 7.35. The lowest BCUT2D eigenvalue weighted by Gasteiger charge is -2.26. The Balaban J connectivity index is 0.00000324. The third kappa shape index (κ3) is 5.06. The Labute approximate surface area is 120 Å². The molecular weight excluding hydrogens is 291 g/mol. The molecule has 110 valence electrons. The molecule has 0 atom stereocenters. The number of hydrogen-bond acceptors (Lipinski definition) is 3. The molecule has 1 aromatic carbocycles. The second-order valence-corrected chi connectivity index (χ2v) is 6.11. The molecule has 0 amide bonds. The minimum Gasteiger partial charge on any atom is -0.324 e. The summed E-state index contributed by atoms with van der Waals surface area (Å²) < 4.78 is 39.1. The molecule has 1 rings (SSSR count). The van der Waals surface area contributed by atoms with Crippen LogP contribution >= 0.6 is 12.4 Å². The molecule has 0 aromatic heterocycles. The van der Waals surface area contributed by atoms with E-state index >= 15 is 0 Å². The number of nitrogens with two attached hydrogens (primary N) is 1. The fraction of sp³-hybridized carbons (Fsp3) is 0.500. The Kier molecular flexibility index (Phi) is 6.93. The van der Waals surface area contributed by atoms with Gasteiger partial charge in [0.1, 0.15) is 5.82 Å². The molecule has 0 aliphatic rings. The van der Waals surface area contributed by atoms with Crippen molar-refractivity contribution in [3.63, 3.8) is 0 Å². The Morgan fingerprint density at radius 2 is 1.68 bits per heavy atom. The van der Waals surface area contributed by atoms with Gasteiger partial charge in [0.2, 0.25) is 10.0 Å². The zero-order valence-electron chi connectivity index (χ0n) is 11.0. The highest BCUT2D eigenvalue weighted by atomic mass is 35.5. The van der Waals surface area contributed by atoms with E-state index in [1.807, 2.05) is 13.8 Å². The maximum atomic E-state index is 12.7. The Bertz CT molecular complexity index is 487.